The summed E-state index contributed by atoms with van der Waals surface area (Å²) in [6.07, 6.45) is 1.10. The van der Waals surface area contributed by atoms with Gasteiger partial charge < -0.3 is 5.32 Å². The van der Waals surface area contributed by atoms with Crippen LogP contribution in [0.3, 0.4) is 0 Å². The fourth-order valence-corrected chi connectivity index (χ4v) is 3.00. The van der Waals surface area contributed by atoms with Gasteiger partial charge in [0.2, 0.25) is 0 Å². The standard InChI is InChI=1S/C14H27N3S/c1-11(2)17(12(3)4)9-8-15-7-6-14-13(5)16-10-18-14/h10-12,15H,6-9H2,1-5H3. The molecule has 18 heavy (non-hydrogen) atoms. The number of nitrogens with zero attached hydrogens (tertiary/aromatic N) is 2. The molecule has 1 aromatic rings. The molecule has 0 saturated heterocycles. The second kappa shape index (κ2) is 7.87. The van der Waals surface area contributed by atoms with E-state index in [1.165, 1.54) is 10.6 Å². The Hall–Kier alpha value is -0.450. The number of rotatable bonds is 8. The minimum Gasteiger partial charge on any atom is -0.315 e. The monoisotopic (exact) mass is 269 g/mol. The van der Waals surface area contributed by atoms with Crippen molar-refractivity contribution >= 4 is 11.3 Å². The average molecular weight is 269 g/mol. The number of hydrogen-bond donors (Lipinski definition) is 1. The highest BCUT2D eigenvalue weighted by Gasteiger charge is 2.12. The van der Waals surface area contributed by atoms with Crippen LogP contribution in [0.15, 0.2) is 5.51 Å². The van der Waals surface area contributed by atoms with Crippen LogP contribution >= 0.6 is 11.3 Å². The molecule has 0 amide bonds. The van der Waals surface area contributed by atoms with Crippen LogP contribution in [0.25, 0.3) is 0 Å². The Labute approximate surface area is 116 Å². The molecule has 0 atom stereocenters. The first-order valence-electron chi connectivity index (χ1n) is 6.87. The minimum atomic E-state index is 0.621. The molecule has 0 spiro atoms. The normalized spacial score (nSPS) is 12.0. The third kappa shape index (κ3) is 5.04. The highest BCUT2D eigenvalue weighted by Crippen LogP contribution is 2.11. The van der Waals surface area contributed by atoms with Crippen molar-refractivity contribution in [3.05, 3.63) is 16.1 Å². The van der Waals surface area contributed by atoms with Crippen molar-refractivity contribution in [2.24, 2.45) is 0 Å². The van der Waals surface area contributed by atoms with Crippen molar-refractivity contribution < 1.29 is 0 Å². The van der Waals surface area contributed by atoms with Gasteiger partial charge in [0.15, 0.2) is 0 Å². The van der Waals surface area contributed by atoms with Gasteiger partial charge in [-0.05, 0) is 41.0 Å². The SMILES string of the molecule is Cc1ncsc1CCNCCN(C(C)C)C(C)C. The maximum Gasteiger partial charge on any atom is 0.0797 e. The zero-order valence-electron chi connectivity index (χ0n) is 12.4. The number of nitrogens with one attached hydrogen (secondary N) is 1. The zero-order chi connectivity index (χ0) is 13.5. The summed E-state index contributed by atoms with van der Waals surface area (Å²) in [6.45, 7) is 14.4. The second-order valence-corrected chi connectivity index (χ2v) is 6.23. The third-order valence-electron chi connectivity index (χ3n) is 3.25. The van der Waals surface area contributed by atoms with E-state index in [1.807, 2.05) is 5.51 Å². The van der Waals surface area contributed by atoms with Crippen molar-refractivity contribution in [1.82, 2.24) is 15.2 Å². The van der Waals surface area contributed by atoms with Crippen molar-refractivity contribution in [2.75, 3.05) is 19.6 Å². The Bertz CT molecular complexity index is 326. The molecule has 1 aromatic heterocycles. The van der Waals surface area contributed by atoms with Gasteiger partial charge in [0.05, 0.1) is 11.2 Å². The number of thiazole rings is 1. The summed E-state index contributed by atoms with van der Waals surface area (Å²) in [5.41, 5.74) is 3.12. The molecule has 0 bridgehead atoms. The van der Waals surface area contributed by atoms with Crippen molar-refractivity contribution in [3.63, 3.8) is 0 Å². The molecular weight excluding hydrogens is 242 g/mol. The fraction of sp³-hybridized carbons (Fsp3) is 0.786. The molecule has 3 nitrogen and oxygen atoms in total. The van der Waals surface area contributed by atoms with Crippen LogP contribution in [0.1, 0.15) is 38.3 Å². The van der Waals surface area contributed by atoms with E-state index >= 15 is 0 Å². The van der Waals surface area contributed by atoms with Crippen LogP contribution in [0, 0.1) is 6.92 Å². The lowest BCUT2D eigenvalue weighted by atomic mass is 10.2. The van der Waals surface area contributed by atoms with E-state index < -0.39 is 0 Å². The van der Waals surface area contributed by atoms with Crippen molar-refractivity contribution in [1.29, 1.82) is 0 Å². The Balaban J connectivity index is 2.17. The van der Waals surface area contributed by atoms with Crippen LogP contribution in [0.4, 0.5) is 0 Å². The van der Waals surface area contributed by atoms with Gasteiger partial charge >= 0.3 is 0 Å². The molecule has 0 aliphatic carbocycles. The topological polar surface area (TPSA) is 28.2 Å². The number of hydrogen-bond acceptors (Lipinski definition) is 4. The first-order chi connectivity index (χ1) is 8.52. The van der Waals surface area contributed by atoms with E-state index in [4.69, 9.17) is 0 Å². The molecule has 0 unspecified atom stereocenters. The van der Waals surface area contributed by atoms with Gasteiger partial charge in [0.1, 0.15) is 0 Å². The quantitative estimate of drug-likeness (QED) is 0.736. The summed E-state index contributed by atoms with van der Waals surface area (Å²) in [5.74, 6) is 0. The molecule has 0 radical (unpaired) electrons. The van der Waals surface area contributed by atoms with Gasteiger partial charge in [-0.15, -0.1) is 11.3 Å². The van der Waals surface area contributed by atoms with Gasteiger partial charge in [-0.25, -0.2) is 4.98 Å². The molecule has 0 fully saturated rings. The summed E-state index contributed by atoms with van der Waals surface area (Å²) < 4.78 is 0. The Morgan fingerprint density at radius 3 is 2.39 bits per heavy atom. The Morgan fingerprint density at radius 1 is 1.22 bits per heavy atom. The summed E-state index contributed by atoms with van der Waals surface area (Å²) in [6, 6.07) is 1.24. The van der Waals surface area contributed by atoms with E-state index in [0.29, 0.717) is 12.1 Å². The first kappa shape index (κ1) is 15.6. The molecule has 1 rings (SSSR count). The smallest absolute Gasteiger partial charge is 0.0797 e. The van der Waals surface area contributed by atoms with E-state index in [-0.39, 0.29) is 0 Å². The van der Waals surface area contributed by atoms with Crippen LogP contribution in [-0.2, 0) is 6.42 Å². The van der Waals surface area contributed by atoms with E-state index in [0.717, 1.165) is 26.1 Å². The molecule has 0 aromatic carbocycles. The van der Waals surface area contributed by atoms with Crippen LogP contribution in [-0.4, -0.2) is 41.6 Å². The average Bonchev–Trinajstić information content (AvgIpc) is 2.68. The molecule has 0 aliphatic heterocycles. The molecule has 4 heteroatoms. The van der Waals surface area contributed by atoms with Crippen LogP contribution in [0.5, 0.6) is 0 Å². The van der Waals surface area contributed by atoms with Crippen LogP contribution < -0.4 is 5.32 Å². The maximum atomic E-state index is 4.27. The van der Waals surface area contributed by atoms with Gasteiger partial charge in [-0.3, -0.25) is 4.90 Å². The van der Waals surface area contributed by atoms with Gasteiger partial charge in [-0.2, -0.15) is 0 Å². The van der Waals surface area contributed by atoms with Gasteiger partial charge in [0, 0.05) is 36.6 Å². The van der Waals surface area contributed by atoms with E-state index in [9.17, 15) is 0 Å². The lowest BCUT2D eigenvalue weighted by Gasteiger charge is -2.30. The maximum absolute atomic E-state index is 4.27. The summed E-state index contributed by atoms with van der Waals surface area (Å²) in [7, 11) is 0. The van der Waals surface area contributed by atoms with E-state index in [1.54, 1.807) is 11.3 Å². The van der Waals surface area contributed by atoms with Gasteiger partial charge in [0.25, 0.3) is 0 Å². The molecule has 104 valence electrons. The highest BCUT2D eigenvalue weighted by atomic mass is 32.1. The predicted molar refractivity (Wildman–Crippen MR) is 80.4 cm³/mol. The Kier molecular flexibility index (Phi) is 6.82. The van der Waals surface area contributed by atoms with E-state index in [2.05, 4.69) is 49.8 Å². The van der Waals surface area contributed by atoms with Crippen molar-refractivity contribution in [3.8, 4) is 0 Å². The summed E-state index contributed by atoms with van der Waals surface area (Å²) in [5, 5.41) is 3.53. The van der Waals surface area contributed by atoms with Crippen molar-refractivity contribution in [2.45, 2.75) is 53.1 Å². The first-order valence-corrected chi connectivity index (χ1v) is 7.75. The molecule has 1 N–H and O–H groups in total. The molecular formula is C14H27N3S. The highest BCUT2D eigenvalue weighted by molar-refractivity contribution is 7.09. The fourth-order valence-electron chi connectivity index (χ4n) is 2.21. The van der Waals surface area contributed by atoms with Gasteiger partial charge in [-0.1, -0.05) is 0 Å². The number of aromatic nitrogens is 1. The summed E-state index contributed by atoms with van der Waals surface area (Å²) >= 11 is 1.76. The number of aryl methyl sites for hydroxylation is 1. The van der Waals surface area contributed by atoms with Crippen LogP contribution in [0.2, 0.25) is 0 Å². The zero-order valence-corrected chi connectivity index (χ0v) is 13.2. The lowest BCUT2D eigenvalue weighted by molar-refractivity contribution is 0.176. The predicted octanol–water partition coefficient (Wildman–Crippen LogP) is 2.70. The molecule has 0 aliphatic rings. The molecule has 1 heterocycles. The lowest BCUT2D eigenvalue weighted by Crippen LogP contribution is -2.41. The second-order valence-electron chi connectivity index (χ2n) is 5.29. The third-order valence-corrected chi connectivity index (χ3v) is 4.24. The minimum absolute atomic E-state index is 0.621. The largest absolute Gasteiger partial charge is 0.315 e. The summed E-state index contributed by atoms with van der Waals surface area (Å²) in [4.78, 5) is 8.20. The Morgan fingerprint density at radius 2 is 1.89 bits per heavy atom. The molecule has 0 saturated carbocycles.